The van der Waals surface area contributed by atoms with E-state index in [9.17, 15) is 14.7 Å². The molecule has 0 bridgehead atoms. The van der Waals surface area contributed by atoms with E-state index in [2.05, 4.69) is 4.90 Å². The number of halogens is 1. The first kappa shape index (κ1) is 16.0. The standard InChI is InChI=1S/C17H21ClN2O4/c18-14-5-4-13(24-14)8-19-6-12-7-20(15(21)11-2-1-3-11)10-17(12,9-19)16(22)23/h4-5,11-12H,1-3,6-10H2,(H,22,23)/t12?,17-/m0/s1. The van der Waals surface area contributed by atoms with Crippen molar-refractivity contribution in [2.45, 2.75) is 25.8 Å². The summed E-state index contributed by atoms with van der Waals surface area (Å²) < 4.78 is 5.39. The van der Waals surface area contributed by atoms with Crippen LogP contribution in [0.3, 0.4) is 0 Å². The molecule has 6 nitrogen and oxygen atoms in total. The summed E-state index contributed by atoms with van der Waals surface area (Å²) in [6.07, 6.45) is 3.01. The summed E-state index contributed by atoms with van der Waals surface area (Å²) >= 11 is 5.80. The highest BCUT2D eigenvalue weighted by atomic mass is 35.5. The third-order valence-electron chi connectivity index (χ3n) is 5.88. The minimum atomic E-state index is -0.851. The number of furan rings is 1. The zero-order valence-corrected chi connectivity index (χ0v) is 14.2. The number of carboxylic acids is 1. The molecule has 7 heteroatoms. The molecule has 1 aromatic rings. The fourth-order valence-corrected chi connectivity index (χ4v) is 4.49. The number of likely N-dealkylation sites (tertiary alicyclic amines) is 2. The predicted molar refractivity (Wildman–Crippen MR) is 86.5 cm³/mol. The Kier molecular flexibility index (Phi) is 3.84. The molecule has 3 fully saturated rings. The molecule has 1 aliphatic carbocycles. The number of aliphatic carboxylic acids is 1. The van der Waals surface area contributed by atoms with Crippen molar-refractivity contribution >= 4 is 23.5 Å². The molecule has 0 spiro atoms. The van der Waals surface area contributed by atoms with Crippen molar-refractivity contribution in [3.8, 4) is 0 Å². The van der Waals surface area contributed by atoms with Crippen LogP contribution >= 0.6 is 11.6 Å². The van der Waals surface area contributed by atoms with Crippen molar-refractivity contribution in [3.05, 3.63) is 23.1 Å². The first-order chi connectivity index (χ1) is 11.5. The second-order valence-electron chi connectivity index (χ2n) is 7.38. The van der Waals surface area contributed by atoms with Crippen molar-refractivity contribution in [2.24, 2.45) is 17.3 Å². The summed E-state index contributed by atoms with van der Waals surface area (Å²) in [5.41, 5.74) is -0.851. The lowest BCUT2D eigenvalue weighted by Gasteiger charge is -2.31. The maximum atomic E-state index is 12.5. The van der Waals surface area contributed by atoms with Gasteiger partial charge in [-0.15, -0.1) is 0 Å². The van der Waals surface area contributed by atoms with E-state index < -0.39 is 11.4 Å². The summed E-state index contributed by atoms with van der Waals surface area (Å²) in [6, 6.07) is 3.51. The highest BCUT2D eigenvalue weighted by Crippen LogP contribution is 2.44. The van der Waals surface area contributed by atoms with Gasteiger partial charge in [-0.3, -0.25) is 14.5 Å². The van der Waals surface area contributed by atoms with Crippen LogP contribution in [0.2, 0.25) is 5.22 Å². The molecule has 1 N–H and O–H groups in total. The number of nitrogens with zero attached hydrogens (tertiary/aromatic N) is 2. The van der Waals surface area contributed by atoms with Gasteiger partial charge in [0.05, 0.1) is 6.54 Å². The first-order valence-corrected chi connectivity index (χ1v) is 8.84. The Morgan fingerprint density at radius 1 is 1.29 bits per heavy atom. The maximum Gasteiger partial charge on any atom is 0.313 e. The van der Waals surface area contributed by atoms with Crippen molar-refractivity contribution in [1.29, 1.82) is 0 Å². The molecule has 24 heavy (non-hydrogen) atoms. The van der Waals surface area contributed by atoms with Gasteiger partial charge in [0.1, 0.15) is 11.2 Å². The Bertz CT molecular complexity index is 671. The van der Waals surface area contributed by atoms with Crippen LogP contribution in [0, 0.1) is 17.3 Å². The first-order valence-electron chi connectivity index (χ1n) is 8.47. The van der Waals surface area contributed by atoms with Crippen molar-refractivity contribution in [3.63, 3.8) is 0 Å². The third-order valence-corrected chi connectivity index (χ3v) is 6.08. The molecule has 3 heterocycles. The normalized spacial score (nSPS) is 30.4. The van der Waals surface area contributed by atoms with Crippen LogP contribution in [0.4, 0.5) is 0 Å². The van der Waals surface area contributed by atoms with E-state index in [1.54, 1.807) is 11.0 Å². The number of hydrogen-bond acceptors (Lipinski definition) is 4. The lowest BCUT2D eigenvalue weighted by molar-refractivity contribution is -0.149. The molecule has 4 rings (SSSR count). The third kappa shape index (κ3) is 2.52. The van der Waals surface area contributed by atoms with Gasteiger partial charge in [0, 0.05) is 38.0 Å². The average Bonchev–Trinajstić information content (AvgIpc) is 3.09. The summed E-state index contributed by atoms with van der Waals surface area (Å²) in [4.78, 5) is 28.4. The monoisotopic (exact) mass is 352 g/mol. The number of amides is 1. The number of rotatable bonds is 4. The zero-order chi connectivity index (χ0) is 16.9. The number of carbonyl (C=O) groups is 2. The smallest absolute Gasteiger partial charge is 0.313 e. The lowest BCUT2D eigenvalue weighted by atomic mass is 9.81. The molecule has 2 atom stereocenters. The molecule has 130 valence electrons. The minimum Gasteiger partial charge on any atom is -0.481 e. The van der Waals surface area contributed by atoms with Gasteiger partial charge in [-0.25, -0.2) is 0 Å². The van der Waals surface area contributed by atoms with E-state index in [1.165, 1.54) is 0 Å². The van der Waals surface area contributed by atoms with E-state index >= 15 is 0 Å². The van der Waals surface area contributed by atoms with E-state index in [-0.39, 0.29) is 17.7 Å². The lowest BCUT2D eigenvalue weighted by Crippen LogP contribution is -2.44. The Morgan fingerprint density at radius 3 is 2.62 bits per heavy atom. The molecule has 2 saturated heterocycles. The molecule has 1 unspecified atom stereocenters. The van der Waals surface area contributed by atoms with Crippen LogP contribution in [-0.2, 0) is 16.1 Å². The van der Waals surface area contributed by atoms with Crippen LogP contribution in [0.1, 0.15) is 25.0 Å². The number of hydrogen-bond donors (Lipinski definition) is 1. The Balaban J connectivity index is 1.46. The highest BCUT2D eigenvalue weighted by Gasteiger charge is 2.58. The molecule has 1 saturated carbocycles. The van der Waals surface area contributed by atoms with Gasteiger partial charge in [0.15, 0.2) is 5.22 Å². The van der Waals surface area contributed by atoms with Gasteiger partial charge in [-0.1, -0.05) is 6.42 Å². The van der Waals surface area contributed by atoms with E-state index in [0.717, 1.165) is 25.0 Å². The minimum absolute atomic E-state index is 0.0236. The molecule has 2 aliphatic heterocycles. The van der Waals surface area contributed by atoms with Crippen LogP contribution in [0.25, 0.3) is 0 Å². The van der Waals surface area contributed by atoms with E-state index in [4.69, 9.17) is 16.0 Å². The van der Waals surface area contributed by atoms with Crippen LogP contribution in [0.5, 0.6) is 0 Å². The number of carboxylic acid groups (broad SMARTS) is 1. The maximum absolute atomic E-state index is 12.5. The summed E-state index contributed by atoms with van der Waals surface area (Å²) in [7, 11) is 0. The quantitative estimate of drug-likeness (QED) is 0.898. The van der Waals surface area contributed by atoms with Gasteiger partial charge in [0.25, 0.3) is 0 Å². The van der Waals surface area contributed by atoms with Gasteiger partial charge >= 0.3 is 5.97 Å². The molecule has 0 radical (unpaired) electrons. The van der Waals surface area contributed by atoms with Crippen molar-refractivity contribution in [2.75, 3.05) is 26.2 Å². The number of fused-ring (bicyclic) bond motifs is 1. The van der Waals surface area contributed by atoms with Crippen molar-refractivity contribution < 1.29 is 19.1 Å². The van der Waals surface area contributed by atoms with Gasteiger partial charge < -0.3 is 14.4 Å². The molecule has 1 amide bonds. The molecule has 0 aromatic carbocycles. The Morgan fingerprint density at radius 2 is 2.08 bits per heavy atom. The molecule has 1 aromatic heterocycles. The highest BCUT2D eigenvalue weighted by molar-refractivity contribution is 6.28. The Hall–Kier alpha value is -1.53. The van der Waals surface area contributed by atoms with Crippen LogP contribution < -0.4 is 0 Å². The SMILES string of the molecule is O=C(C1CCC1)N1CC2CN(Cc3ccc(Cl)o3)C[C@]2(C(=O)O)C1. The Labute approximate surface area is 145 Å². The van der Waals surface area contributed by atoms with E-state index in [1.807, 2.05) is 6.07 Å². The summed E-state index contributed by atoms with van der Waals surface area (Å²) in [6.45, 7) is 2.54. The van der Waals surface area contributed by atoms with Gasteiger partial charge in [0.2, 0.25) is 5.91 Å². The predicted octanol–water partition coefficient (Wildman–Crippen LogP) is 2.08. The van der Waals surface area contributed by atoms with Crippen LogP contribution in [0.15, 0.2) is 16.5 Å². The summed E-state index contributed by atoms with van der Waals surface area (Å²) in [5, 5.41) is 10.2. The molecular weight excluding hydrogens is 332 g/mol. The number of carbonyl (C=O) groups excluding carboxylic acids is 1. The fourth-order valence-electron chi connectivity index (χ4n) is 4.33. The fraction of sp³-hybridized carbons (Fsp3) is 0.647. The molecule has 3 aliphatic rings. The summed E-state index contributed by atoms with van der Waals surface area (Å²) in [5.74, 6) is 0.195. The van der Waals surface area contributed by atoms with Gasteiger partial charge in [-0.2, -0.15) is 0 Å². The topological polar surface area (TPSA) is 74.0 Å². The zero-order valence-electron chi connectivity index (χ0n) is 13.4. The van der Waals surface area contributed by atoms with Crippen LogP contribution in [-0.4, -0.2) is 53.0 Å². The van der Waals surface area contributed by atoms with Gasteiger partial charge in [-0.05, 0) is 36.6 Å². The van der Waals surface area contributed by atoms with E-state index in [0.29, 0.717) is 37.9 Å². The largest absolute Gasteiger partial charge is 0.481 e. The van der Waals surface area contributed by atoms with Crippen molar-refractivity contribution in [1.82, 2.24) is 9.80 Å². The molecular formula is C17H21ClN2O4. The second kappa shape index (κ2) is 5.77. The second-order valence-corrected chi connectivity index (χ2v) is 7.75. The average molecular weight is 353 g/mol.